The van der Waals surface area contributed by atoms with E-state index in [1.807, 2.05) is 31.2 Å². The normalized spacial score (nSPS) is 20.9. The first-order valence-electron chi connectivity index (χ1n) is 8.65. The fourth-order valence-electron chi connectivity index (χ4n) is 3.58. The average Bonchev–Trinajstić information content (AvgIpc) is 3.23. The van der Waals surface area contributed by atoms with Crippen LogP contribution in [0.1, 0.15) is 34.8 Å². The van der Waals surface area contributed by atoms with Gasteiger partial charge in [0.25, 0.3) is 0 Å². The van der Waals surface area contributed by atoms with Gasteiger partial charge in [0.05, 0.1) is 29.7 Å². The summed E-state index contributed by atoms with van der Waals surface area (Å²) in [6.45, 7) is 2.00. The Bertz CT molecular complexity index is 966. The number of benzene rings is 1. The number of nitrogens with one attached hydrogen (secondary N) is 1. The zero-order valence-electron chi connectivity index (χ0n) is 14.6. The van der Waals surface area contributed by atoms with Gasteiger partial charge in [0, 0.05) is 17.1 Å². The standard InChI is InChI=1S/C18H21N3O3S2/c1-12-3-2-4-13(7-12)8-17(22)19-18-15-9-25-10-16(15)20-21(18)14-5-6-26(23,24)11-14/h2-4,7,14H,5-6,8-11H2,1H3,(H,19,22). The van der Waals surface area contributed by atoms with E-state index in [0.29, 0.717) is 12.2 Å². The zero-order chi connectivity index (χ0) is 18.3. The van der Waals surface area contributed by atoms with E-state index in [0.717, 1.165) is 33.9 Å². The molecule has 0 radical (unpaired) electrons. The molecule has 2 aromatic rings. The van der Waals surface area contributed by atoms with Crippen LogP contribution in [0.2, 0.25) is 0 Å². The first-order chi connectivity index (χ1) is 12.4. The number of amides is 1. The first kappa shape index (κ1) is 17.6. The number of anilines is 1. The molecular weight excluding hydrogens is 370 g/mol. The summed E-state index contributed by atoms with van der Waals surface area (Å²) in [4.78, 5) is 12.6. The van der Waals surface area contributed by atoms with Crippen LogP contribution in [-0.4, -0.2) is 35.6 Å². The number of rotatable bonds is 4. The summed E-state index contributed by atoms with van der Waals surface area (Å²) < 4.78 is 25.5. The van der Waals surface area contributed by atoms with Crippen LogP contribution < -0.4 is 5.32 Å². The lowest BCUT2D eigenvalue weighted by atomic mass is 10.1. The second-order valence-electron chi connectivity index (χ2n) is 6.98. The molecule has 3 heterocycles. The van der Waals surface area contributed by atoms with E-state index in [-0.39, 0.29) is 29.9 Å². The molecule has 2 aliphatic rings. The number of thioether (sulfide) groups is 1. The highest BCUT2D eigenvalue weighted by Gasteiger charge is 2.34. The number of fused-ring (bicyclic) bond motifs is 1. The highest BCUT2D eigenvalue weighted by molar-refractivity contribution is 7.98. The molecule has 0 spiro atoms. The van der Waals surface area contributed by atoms with Gasteiger partial charge in [0.2, 0.25) is 5.91 Å². The van der Waals surface area contributed by atoms with Gasteiger partial charge in [0.1, 0.15) is 5.82 Å². The smallest absolute Gasteiger partial charge is 0.229 e. The van der Waals surface area contributed by atoms with Crippen LogP contribution in [0.5, 0.6) is 0 Å². The van der Waals surface area contributed by atoms with Crippen LogP contribution >= 0.6 is 11.8 Å². The predicted molar refractivity (Wildman–Crippen MR) is 103 cm³/mol. The van der Waals surface area contributed by atoms with E-state index < -0.39 is 9.84 Å². The molecule has 8 heteroatoms. The van der Waals surface area contributed by atoms with Crippen molar-refractivity contribution in [1.29, 1.82) is 0 Å². The number of aryl methyl sites for hydroxylation is 1. The number of hydrogen-bond donors (Lipinski definition) is 1. The summed E-state index contributed by atoms with van der Waals surface area (Å²) >= 11 is 1.76. The highest BCUT2D eigenvalue weighted by Crippen LogP contribution is 2.38. The van der Waals surface area contributed by atoms with Crippen molar-refractivity contribution in [1.82, 2.24) is 9.78 Å². The molecule has 0 aliphatic carbocycles. The summed E-state index contributed by atoms with van der Waals surface area (Å²) in [5.74, 6) is 2.48. The van der Waals surface area contributed by atoms with Crippen molar-refractivity contribution >= 4 is 33.3 Å². The van der Waals surface area contributed by atoms with Gasteiger partial charge in [0.15, 0.2) is 9.84 Å². The number of carbonyl (C=O) groups is 1. The summed E-state index contributed by atoms with van der Waals surface area (Å²) in [6, 6.07) is 7.69. The molecule has 26 heavy (non-hydrogen) atoms. The highest BCUT2D eigenvalue weighted by atomic mass is 32.2. The molecule has 1 amide bonds. The monoisotopic (exact) mass is 391 g/mol. The largest absolute Gasteiger partial charge is 0.310 e. The third kappa shape index (κ3) is 3.53. The Morgan fingerprint density at radius 1 is 1.38 bits per heavy atom. The van der Waals surface area contributed by atoms with Crippen molar-refractivity contribution in [3.05, 3.63) is 46.6 Å². The van der Waals surface area contributed by atoms with Crippen molar-refractivity contribution in [3.63, 3.8) is 0 Å². The lowest BCUT2D eigenvalue weighted by Gasteiger charge is -2.15. The maximum Gasteiger partial charge on any atom is 0.229 e. The van der Waals surface area contributed by atoms with E-state index in [2.05, 4.69) is 10.4 Å². The van der Waals surface area contributed by atoms with E-state index in [1.54, 1.807) is 16.4 Å². The Kier molecular flexibility index (Phi) is 4.56. The Balaban J connectivity index is 1.58. The molecule has 6 nitrogen and oxygen atoms in total. The van der Waals surface area contributed by atoms with Crippen molar-refractivity contribution < 1.29 is 13.2 Å². The summed E-state index contributed by atoms with van der Waals surface area (Å²) in [5.41, 5.74) is 4.08. The van der Waals surface area contributed by atoms with Gasteiger partial charge in [-0.1, -0.05) is 29.8 Å². The number of nitrogens with zero attached hydrogens (tertiary/aromatic N) is 2. The second-order valence-corrected chi connectivity index (χ2v) is 10.2. The van der Waals surface area contributed by atoms with Gasteiger partial charge in [-0.2, -0.15) is 16.9 Å². The van der Waals surface area contributed by atoms with Crippen LogP contribution in [0.25, 0.3) is 0 Å². The molecule has 1 unspecified atom stereocenters. The maximum atomic E-state index is 12.6. The summed E-state index contributed by atoms with van der Waals surface area (Å²) in [7, 11) is -3.01. The molecule has 1 aromatic heterocycles. The third-order valence-electron chi connectivity index (χ3n) is 4.84. The molecule has 1 aromatic carbocycles. The molecule has 0 bridgehead atoms. The van der Waals surface area contributed by atoms with E-state index in [1.165, 1.54) is 0 Å². The number of sulfone groups is 1. The lowest BCUT2D eigenvalue weighted by Crippen LogP contribution is -2.21. The molecule has 2 aliphatic heterocycles. The van der Waals surface area contributed by atoms with Gasteiger partial charge in [-0.05, 0) is 18.9 Å². The number of hydrogen-bond acceptors (Lipinski definition) is 5. The first-order valence-corrected chi connectivity index (χ1v) is 11.6. The van der Waals surface area contributed by atoms with Gasteiger partial charge in [-0.25, -0.2) is 13.1 Å². The Hall–Kier alpha value is -1.80. The fraction of sp³-hybridized carbons (Fsp3) is 0.444. The van der Waals surface area contributed by atoms with Crippen molar-refractivity contribution in [2.45, 2.75) is 37.3 Å². The molecule has 1 atom stereocenters. The Labute approximate surface area is 157 Å². The zero-order valence-corrected chi connectivity index (χ0v) is 16.2. The molecule has 0 saturated carbocycles. The molecule has 1 fully saturated rings. The molecule has 138 valence electrons. The Morgan fingerprint density at radius 3 is 2.96 bits per heavy atom. The predicted octanol–water partition coefficient (Wildman–Crippen LogP) is 2.48. The fourth-order valence-corrected chi connectivity index (χ4v) is 6.31. The van der Waals surface area contributed by atoms with Gasteiger partial charge in [-0.15, -0.1) is 0 Å². The maximum absolute atomic E-state index is 12.6. The van der Waals surface area contributed by atoms with Gasteiger partial charge >= 0.3 is 0 Å². The topological polar surface area (TPSA) is 81.1 Å². The van der Waals surface area contributed by atoms with Crippen LogP contribution in [0, 0.1) is 6.92 Å². The van der Waals surface area contributed by atoms with Crippen LogP contribution in [0.3, 0.4) is 0 Å². The van der Waals surface area contributed by atoms with Crippen LogP contribution in [0.15, 0.2) is 24.3 Å². The van der Waals surface area contributed by atoms with Gasteiger partial charge in [-0.3, -0.25) is 4.79 Å². The molecule has 1 N–H and O–H groups in total. The second kappa shape index (κ2) is 6.74. The van der Waals surface area contributed by atoms with Crippen molar-refractivity contribution in [2.75, 3.05) is 16.8 Å². The minimum absolute atomic E-state index is 0.0987. The van der Waals surface area contributed by atoms with E-state index >= 15 is 0 Å². The molecule has 4 rings (SSSR count). The minimum Gasteiger partial charge on any atom is -0.310 e. The summed E-state index contributed by atoms with van der Waals surface area (Å²) in [6.07, 6.45) is 0.842. The quantitative estimate of drug-likeness (QED) is 0.866. The van der Waals surface area contributed by atoms with Crippen molar-refractivity contribution in [3.8, 4) is 0 Å². The Morgan fingerprint density at radius 2 is 2.23 bits per heavy atom. The van der Waals surface area contributed by atoms with Crippen LogP contribution in [0.4, 0.5) is 5.82 Å². The summed E-state index contributed by atoms with van der Waals surface area (Å²) in [5, 5.41) is 7.65. The van der Waals surface area contributed by atoms with E-state index in [4.69, 9.17) is 0 Å². The minimum atomic E-state index is -3.01. The van der Waals surface area contributed by atoms with Crippen LogP contribution in [-0.2, 0) is 32.6 Å². The third-order valence-corrected chi connectivity index (χ3v) is 7.56. The average molecular weight is 392 g/mol. The van der Waals surface area contributed by atoms with Gasteiger partial charge < -0.3 is 5.32 Å². The number of aromatic nitrogens is 2. The van der Waals surface area contributed by atoms with Crippen molar-refractivity contribution in [2.24, 2.45) is 0 Å². The molecular formula is C18H21N3O3S2. The SMILES string of the molecule is Cc1cccc(CC(=O)Nc2c3c(nn2C2CCS(=O)(=O)C2)CSC3)c1. The lowest BCUT2D eigenvalue weighted by molar-refractivity contribution is -0.115. The van der Waals surface area contributed by atoms with E-state index in [9.17, 15) is 13.2 Å². The molecule has 1 saturated heterocycles. The number of carbonyl (C=O) groups excluding carboxylic acids is 1.